The van der Waals surface area contributed by atoms with Crippen LogP contribution in [0.15, 0.2) is 59.8 Å². The number of ketones is 1. The first kappa shape index (κ1) is 18.4. The minimum atomic E-state index is -0.335. The summed E-state index contributed by atoms with van der Waals surface area (Å²) in [7, 11) is 3.28. The third-order valence-electron chi connectivity index (χ3n) is 5.63. The van der Waals surface area contributed by atoms with Gasteiger partial charge in [-0.05, 0) is 54.8 Å². The molecule has 0 amide bonds. The number of carbonyl (C=O) groups excluding carboxylic acids is 1. The molecule has 3 aromatic rings. The fraction of sp³-hybridized carbons (Fsp3) is 0.261. The Morgan fingerprint density at radius 3 is 2.60 bits per heavy atom. The fourth-order valence-corrected chi connectivity index (χ4v) is 4.14. The highest BCUT2D eigenvalue weighted by atomic mass is 16.5. The Morgan fingerprint density at radius 1 is 1.03 bits per heavy atom. The van der Waals surface area contributed by atoms with E-state index < -0.39 is 0 Å². The van der Waals surface area contributed by atoms with E-state index in [1.54, 1.807) is 14.2 Å². The molecule has 1 aliphatic heterocycles. The molecule has 0 spiro atoms. The van der Waals surface area contributed by atoms with E-state index in [2.05, 4.69) is 5.32 Å². The normalized spacial score (nSPS) is 17.8. The topological polar surface area (TPSA) is 78.3 Å². The average Bonchev–Trinajstić information content (AvgIpc) is 3.21. The Bertz CT molecular complexity index is 1150. The summed E-state index contributed by atoms with van der Waals surface area (Å²) in [4.78, 5) is 17.7. The summed E-state index contributed by atoms with van der Waals surface area (Å²) < 4.78 is 12.5. The van der Waals surface area contributed by atoms with E-state index in [-0.39, 0.29) is 11.8 Å². The number of nitrogens with one attached hydrogen (secondary N) is 1. The molecule has 152 valence electrons. The van der Waals surface area contributed by atoms with Crippen LogP contribution in [0.3, 0.4) is 0 Å². The van der Waals surface area contributed by atoms with Gasteiger partial charge in [-0.1, -0.05) is 12.1 Å². The Kier molecular flexibility index (Phi) is 4.50. The van der Waals surface area contributed by atoms with Crippen molar-refractivity contribution in [2.45, 2.75) is 25.3 Å². The number of fused-ring (bicyclic) bond motifs is 1. The number of allylic oxidation sites excluding steroid dienone is 2. The smallest absolute Gasteiger partial charge is 0.226 e. The van der Waals surface area contributed by atoms with Gasteiger partial charge in [-0.3, -0.25) is 4.79 Å². The minimum Gasteiger partial charge on any atom is -0.497 e. The van der Waals surface area contributed by atoms with E-state index in [1.165, 1.54) is 0 Å². The van der Waals surface area contributed by atoms with Gasteiger partial charge in [0.05, 0.1) is 14.2 Å². The Labute approximate surface area is 174 Å². The number of hydrogen-bond acceptors (Lipinski definition) is 6. The lowest BCUT2D eigenvalue weighted by molar-refractivity contribution is -0.116. The van der Waals surface area contributed by atoms with E-state index in [1.807, 2.05) is 53.2 Å². The number of carbonyl (C=O) groups is 1. The SMILES string of the molecule is COc1ccc(-c2nc3n(n2)C(c2cccc(OC)c2)C2=C(CCCC2=O)N3)cc1. The summed E-state index contributed by atoms with van der Waals surface area (Å²) >= 11 is 0. The second kappa shape index (κ2) is 7.33. The fourth-order valence-electron chi connectivity index (χ4n) is 4.14. The first-order valence-corrected chi connectivity index (χ1v) is 9.96. The van der Waals surface area contributed by atoms with E-state index in [9.17, 15) is 4.79 Å². The van der Waals surface area contributed by atoms with Crippen LogP contribution in [-0.4, -0.2) is 34.8 Å². The van der Waals surface area contributed by atoms with Crippen LogP contribution < -0.4 is 14.8 Å². The van der Waals surface area contributed by atoms with Crippen LogP contribution in [-0.2, 0) is 4.79 Å². The van der Waals surface area contributed by atoms with Gasteiger partial charge in [-0.15, -0.1) is 5.10 Å². The molecule has 1 aliphatic carbocycles. The van der Waals surface area contributed by atoms with Gasteiger partial charge in [-0.2, -0.15) is 4.98 Å². The van der Waals surface area contributed by atoms with Gasteiger partial charge in [0.15, 0.2) is 11.6 Å². The quantitative estimate of drug-likeness (QED) is 0.711. The number of ether oxygens (including phenoxy) is 2. The molecule has 2 aliphatic rings. The zero-order chi connectivity index (χ0) is 20.7. The molecule has 0 saturated carbocycles. The molecule has 1 unspecified atom stereocenters. The van der Waals surface area contributed by atoms with Crippen LogP contribution in [0.25, 0.3) is 11.4 Å². The van der Waals surface area contributed by atoms with Gasteiger partial charge < -0.3 is 14.8 Å². The van der Waals surface area contributed by atoms with Crippen molar-refractivity contribution in [2.75, 3.05) is 19.5 Å². The molecule has 30 heavy (non-hydrogen) atoms. The molecular formula is C23H22N4O3. The standard InChI is InChI=1S/C23H22N4O3/c1-29-16-11-9-14(10-12-16)22-25-23-24-18-7-4-8-19(28)20(18)21(27(23)26-22)15-5-3-6-17(13-15)30-2/h3,5-6,9-13,21H,4,7-8H2,1-2H3,(H,24,25,26). The van der Waals surface area contributed by atoms with Crippen molar-refractivity contribution >= 4 is 11.7 Å². The Balaban J connectivity index is 1.64. The molecular weight excluding hydrogens is 380 g/mol. The first-order chi connectivity index (χ1) is 14.7. The molecule has 0 saturated heterocycles. The van der Waals surface area contributed by atoms with Crippen molar-refractivity contribution in [1.29, 1.82) is 0 Å². The highest BCUT2D eigenvalue weighted by Crippen LogP contribution is 2.41. The lowest BCUT2D eigenvalue weighted by Crippen LogP contribution is -2.31. The van der Waals surface area contributed by atoms with Gasteiger partial charge in [0.25, 0.3) is 0 Å². The molecule has 1 atom stereocenters. The highest BCUT2D eigenvalue weighted by Gasteiger charge is 2.37. The highest BCUT2D eigenvalue weighted by molar-refractivity contribution is 5.99. The van der Waals surface area contributed by atoms with Crippen LogP contribution >= 0.6 is 0 Å². The maximum atomic E-state index is 12.9. The Hall–Kier alpha value is -3.61. The third-order valence-corrected chi connectivity index (χ3v) is 5.63. The summed E-state index contributed by atoms with van der Waals surface area (Å²) in [6.07, 6.45) is 2.22. The number of rotatable bonds is 4. The van der Waals surface area contributed by atoms with Crippen molar-refractivity contribution in [3.8, 4) is 22.9 Å². The number of hydrogen-bond donors (Lipinski definition) is 1. The maximum Gasteiger partial charge on any atom is 0.226 e. The first-order valence-electron chi connectivity index (χ1n) is 9.96. The van der Waals surface area contributed by atoms with Gasteiger partial charge in [0.2, 0.25) is 5.95 Å². The van der Waals surface area contributed by atoms with Gasteiger partial charge >= 0.3 is 0 Å². The van der Waals surface area contributed by atoms with E-state index in [0.29, 0.717) is 18.2 Å². The summed E-state index contributed by atoms with van der Waals surface area (Å²) in [5.41, 5.74) is 3.55. The number of benzene rings is 2. The van der Waals surface area contributed by atoms with Crippen LogP contribution in [0.1, 0.15) is 30.9 Å². The second-order valence-electron chi connectivity index (χ2n) is 7.41. The minimum absolute atomic E-state index is 0.156. The van der Waals surface area contributed by atoms with Gasteiger partial charge in [-0.25, -0.2) is 4.68 Å². The molecule has 2 aromatic carbocycles. The summed E-state index contributed by atoms with van der Waals surface area (Å²) in [6, 6.07) is 15.1. The van der Waals surface area contributed by atoms with E-state index >= 15 is 0 Å². The average molecular weight is 402 g/mol. The predicted octanol–water partition coefficient (Wildman–Crippen LogP) is 3.98. The van der Waals surface area contributed by atoms with E-state index in [4.69, 9.17) is 19.6 Å². The molecule has 0 fully saturated rings. The predicted molar refractivity (Wildman–Crippen MR) is 113 cm³/mol. The maximum absolute atomic E-state index is 12.9. The molecule has 5 rings (SSSR count). The van der Waals surface area contributed by atoms with Crippen LogP contribution in [0, 0.1) is 0 Å². The molecule has 7 heteroatoms. The number of nitrogens with zero attached hydrogens (tertiary/aromatic N) is 3. The van der Waals surface area contributed by atoms with Gasteiger partial charge in [0, 0.05) is 23.3 Å². The molecule has 0 bridgehead atoms. The third kappa shape index (κ3) is 3.03. The lowest BCUT2D eigenvalue weighted by atomic mass is 9.85. The zero-order valence-corrected chi connectivity index (χ0v) is 16.9. The number of aromatic nitrogens is 3. The van der Waals surface area contributed by atoms with Crippen molar-refractivity contribution < 1.29 is 14.3 Å². The van der Waals surface area contributed by atoms with Crippen molar-refractivity contribution in [3.63, 3.8) is 0 Å². The van der Waals surface area contributed by atoms with E-state index in [0.717, 1.165) is 46.7 Å². The van der Waals surface area contributed by atoms with Crippen molar-refractivity contribution in [1.82, 2.24) is 14.8 Å². The van der Waals surface area contributed by atoms with Crippen LogP contribution in [0.2, 0.25) is 0 Å². The Morgan fingerprint density at radius 2 is 1.83 bits per heavy atom. The monoisotopic (exact) mass is 402 g/mol. The van der Waals surface area contributed by atoms with Crippen molar-refractivity contribution in [3.05, 3.63) is 65.4 Å². The largest absolute Gasteiger partial charge is 0.497 e. The number of anilines is 1. The summed E-state index contributed by atoms with van der Waals surface area (Å²) in [5.74, 6) is 2.91. The summed E-state index contributed by atoms with van der Waals surface area (Å²) in [6.45, 7) is 0. The van der Waals surface area contributed by atoms with Crippen molar-refractivity contribution in [2.24, 2.45) is 0 Å². The second-order valence-corrected chi connectivity index (χ2v) is 7.41. The van der Waals surface area contributed by atoms with Crippen LogP contribution in [0.4, 0.5) is 5.95 Å². The molecule has 0 radical (unpaired) electrons. The molecule has 2 heterocycles. The zero-order valence-electron chi connectivity index (χ0n) is 16.9. The lowest BCUT2D eigenvalue weighted by Gasteiger charge is -2.32. The van der Waals surface area contributed by atoms with Crippen LogP contribution in [0.5, 0.6) is 11.5 Å². The molecule has 1 N–H and O–H groups in total. The molecule has 1 aromatic heterocycles. The van der Waals surface area contributed by atoms with Gasteiger partial charge in [0.1, 0.15) is 17.5 Å². The molecule has 7 nitrogen and oxygen atoms in total. The summed E-state index contributed by atoms with van der Waals surface area (Å²) in [5, 5.41) is 8.15. The number of methoxy groups -OCH3 is 2. The number of Topliss-reactive ketones (excluding diaryl/α,β-unsaturated/α-hetero) is 1.